The van der Waals surface area contributed by atoms with Crippen LogP contribution in [0.15, 0.2) is 40.9 Å². The van der Waals surface area contributed by atoms with Crippen LogP contribution in [0, 0.1) is 11.6 Å². The first-order chi connectivity index (χ1) is 9.51. The van der Waals surface area contributed by atoms with Crippen molar-refractivity contribution in [2.75, 3.05) is 7.11 Å². The molecule has 1 unspecified atom stereocenters. The molecule has 0 aliphatic rings. The van der Waals surface area contributed by atoms with E-state index in [0.717, 1.165) is 10.0 Å². The molecule has 0 aliphatic carbocycles. The summed E-state index contributed by atoms with van der Waals surface area (Å²) in [5.74, 6) is -0.608. The summed E-state index contributed by atoms with van der Waals surface area (Å²) in [6.07, 6.45) is 0.407. The van der Waals surface area contributed by atoms with E-state index >= 15 is 0 Å². The van der Waals surface area contributed by atoms with Gasteiger partial charge in [-0.05, 0) is 47.9 Å². The molecule has 1 atom stereocenters. The molecule has 0 aromatic heterocycles. The fraction of sp³-hybridized carbons (Fsp3) is 0.200. The zero-order valence-corrected chi connectivity index (χ0v) is 12.5. The highest BCUT2D eigenvalue weighted by molar-refractivity contribution is 9.10. The second kappa shape index (κ2) is 6.33. The van der Waals surface area contributed by atoms with Gasteiger partial charge >= 0.3 is 0 Å². The molecule has 0 bridgehead atoms. The third kappa shape index (κ3) is 3.35. The van der Waals surface area contributed by atoms with E-state index in [2.05, 4.69) is 15.9 Å². The number of ether oxygens (including phenoxy) is 1. The maximum Gasteiger partial charge on any atom is 0.165 e. The molecule has 0 saturated heterocycles. The maximum absolute atomic E-state index is 13.6. The minimum atomic E-state index is -0.459. The van der Waals surface area contributed by atoms with Gasteiger partial charge in [-0.3, -0.25) is 0 Å². The summed E-state index contributed by atoms with van der Waals surface area (Å²) in [4.78, 5) is 0. The molecule has 2 nitrogen and oxygen atoms in total. The molecule has 0 fully saturated rings. The lowest BCUT2D eigenvalue weighted by Gasteiger charge is -2.14. The van der Waals surface area contributed by atoms with Crippen molar-refractivity contribution in [2.24, 2.45) is 5.73 Å². The van der Waals surface area contributed by atoms with Crippen LogP contribution in [0.5, 0.6) is 5.75 Å². The molecule has 0 heterocycles. The Morgan fingerprint density at radius 2 is 1.95 bits per heavy atom. The summed E-state index contributed by atoms with van der Waals surface area (Å²) in [6.45, 7) is 0. The number of methoxy groups -OCH3 is 1. The normalized spacial score (nSPS) is 12.2. The Morgan fingerprint density at radius 3 is 2.60 bits per heavy atom. The molecule has 0 radical (unpaired) electrons. The molecule has 2 aromatic carbocycles. The highest BCUT2D eigenvalue weighted by Gasteiger charge is 2.13. The Hall–Kier alpha value is -1.46. The van der Waals surface area contributed by atoms with E-state index in [1.54, 1.807) is 12.1 Å². The van der Waals surface area contributed by atoms with Gasteiger partial charge < -0.3 is 10.5 Å². The second-order valence-corrected chi connectivity index (χ2v) is 5.29. The molecule has 5 heteroatoms. The zero-order valence-electron chi connectivity index (χ0n) is 10.9. The van der Waals surface area contributed by atoms with Crippen LogP contribution >= 0.6 is 15.9 Å². The van der Waals surface area contributed by atoms with Crippen LogP contribution in [-0.2, 0) is 6.42 Å². The standard InChI is InChI=1S/C15H14BrF2NO/c1-20-15-5-2-9(7-13(15)18)14(19)8-10-6-11(17)3-4-12(10)16/h2-7,14H,8,19H2,1H3. The summed E-state index contributed by atoms with van der Waals surface area (Å²) in [5.41, 5.74) is 7.44. The Kier molecular flexibility index (Phi) is 4.73. The fourth-order valence-corrected chi connectivity index (χ4v) is 2.38. The van der Waals surface area contributed by atoms with E-state index in [1.165, 1.54) is 31.4 Å². The lowest BCUT2D eigenvalue weighted by Crippen LogP contribution is -2.14. The van der Waals surface area contributed by atoms with Gasteiger partial charge in [0.2, 0.25) is 0 Å². The van der Waals surface area contributed by atoms with Crippen molar-refractivity contribution in [3.05, 3.63) is 63.6 Å². The molecule has 2 N–H and O–H groups in total. The molecule has 2 aromatic rings. The van der Waals surface area contributed by atoms with Gasteiger partial charge in [0.25, 0.3) is 0 Å². The Labute approximate surface area is 124 Å². The van der Waals surface area contributed by atoms with Gasteiger partial charge in [0.15, 0.2) is 11.6 Å². The van der Waals surface area contributed by atoms with E-state index in [0.29, 0.717) is 12.0 Å². The number of hydrogen-bond donors (Lipinski definition) is 1. The van der Waals surface area contributed by atoms with Crippen molar-refractivity contribution in [2.45, 2.75) is 12.5 Å². The molecule has 20 heavy (non-hydrogen) atoms. The Bertz CT molecular complexity index is 619. The minimum absolute atomic E-state index is 0.174. The number of halogens is 3. The minimum Gasteiger partial charge on any atom is -0.494 e. The highest BCUT2D eigenvalue weighted by Crippen LogP contribution is 2.26. The number of benzene rings is 2. The molecular weight excluding hydrogens is 328 g/mol. The lowest BCUT2D eigenvalue weighted by atomic mass is 9.99. The first kappa shape index (κ1) is 14.9. The summed E-state index contributed by atoms with van der Waals surface area (Å²) in [6, 6.07) is 8.58. The fourth-order valence-electron chi connectivity index (χ4n) is 1.97. The van der Waals surface area contributed by atoms with Crippen molar-refractivity contribution >= 4 is 15.9 Å². The zero-order chi connectivity index (χ0) is 14.7. The van der Waals surface area contributed by atoms with Crippen molar-refractivity contribution in [3.63, 3.8) is 0 Å². The third-order valence-electron chi connectivity index (χ3n) is 3.05. The summed E-state index contributed by atoms with van der Waals surface area (Å²) < 4.78 is 32.5. The molecule has 0 saturated carbocycles. The smallest absolute Gasteiger partial charge is 0.165 e. The van der Waals surface area contributed by atoms with E-state index in [9.17, 15) is 8.78 Å². The SMILES string of the molecule is COc1ccc(C(N)Cc2cc(F)ccc2Br)cc1F. The lowest BCUT2D eigenvalue weighted by molar-refractivity contribution is 0.386. The van der Waals surface area contributed by atoms with Gasteiger partial charge in [0, 0.05) is 10.5 Å². The number of nitrogens with two attached hydrogens (primary N) is 1. The summed E-state index contributed by atoms with van der Waals surface area (Å²) >= 11 is 3.35. The van der Waals surface area contributed by atoms with Gasteiger partial charge in [-0.2, -0.15) is 0 Å². The molecule has 2 rings (SSSR count). The number of rotatable bonds is 4. The van der Waals surface area contributed by atoms with Crippen LogP contribution in [-0.4, -0.2) is 7.11 Å². The largest absolute Gasteiger partial charge is 0.494 e. The molecule has 0 aliphatic heterocycles. The first-order valence-corrected chi connectivity index (χ1v) is 6.83. The van der Waals surface area contributed by atoms with Gasteiger partial charge in [-0.1, -0.05) is 22.0 Å². The summed E-state index contributed by atoms with van der Waals surface area (Å²) in [5, 5.41) is 0. The topological polar surface area (TPSA) is 35.2 Å². The van der Waals surface area contributed by atoms with E-state index in [-0.39, 0.29) is 11.6 Å². The summed E-state index contributed by atoms with van der Waals surface area (Å²) in [7, 11) is 1.40. The van der Waals surface area contributed by atoms with Gasteiger partial charge in [-0.15, -0.1) is 0 Å². The quantitative estimate of drug-likeness (QED) is 0.912. The van der Waals surface area contributed by atoms with Crippen LogP contribution < -0.4 is 10.5 Å². The highest BCUT2D eigenvalue weighted by atomic mass is 79.9. The van der Waals surface area contributed by atoms with Crippen LogP contribution in [0.2, 0.25) is 0 Å². The third-order valence-corrected chi connectivity index (χ3v) is 3.83. The maximum atomic E-state index is 13.6. The average Bonchev–Trinajstić information content (AvgIpc) is 2.42. The van der Waals surface area contributed by atoms with Crippen molar-refractivity contribution in [1.29, 1.82) is 0 Å². The predicted molar refractivity (Wildman–Crippen MR) is 77.7 cm³/mol. The predicted octanol–water partition coefficient (Wildman–Crippen LogP) is 3.98. The average molecular weight is 342 g/mol. The monoisotopic (exact) mass is 341 g/mol. The van der Waals surface area contributed by atoms with Crippen LogP contribution in [0.3, 0.4) is 0 Å². The van der Waals surface area contributed by atoms with Gasteiger partial charge in [0.05, 0.1) is 7.11 Å². The van der Waals surface area contributed by atoms with Crippen LogP contribution in [0.4, 0.5) is 8.78 Å². The van der Waals surface area contributed by atoms with E-state index in [4.69, 9.17) is 10.5 Å². The van der Waals surface area contributed by atoms with Gasteiger partial charge in [0.1, 0.15) is 5.82 Å². The van der Waals surface area contributed by atoms with E-state index in [1.807, 2.05) is 0 Å². The van der Waals surface area contributed by atoms with Crippen molar-refractivity contribution in [1.82, 2.24) is 0 Å². The van der Waals surface area contributed by atoms with Crippen LogP contribution in [0.1, 0.15) is 17.2 Å². The number of hydrogen-bond acceptors (Lipinski definition) is 2. The first-order valence-electron chi connectivity index (χ1n) is 6.04. The molecule has 106 valence electrons. The Morgan fingerprint density at radius 1 is 1.20 bits per heavy atom. The van der Waals surface area contributed by atoms with Crippen LogP contribution in [0.25, 0.3) is 0 Å². The molecule has 0 amide bonds. The van der Waals surface area contributed by atoms with Gasteiger partial charge in [-0.25, -0.2) is 8.78 Å². The van der Waals surface area contributed by atoms with E-state index < -0.39 is 11.9 Å². The van der Waals surface area contributed by atoms with Crippen molar-refractivity contribution < 1.29 is 13.5 Å². The second-order valence-electron chi connectivity index (χ2n) is 4.44. The Balaban J connectivity index is 2.21. The molecular formula is C15H14BrF2NO. The van der Waals surface area contributed by atoms with Crippen molar-refractivity contribution in [3.8, 4) is 5.75 Å². The molecule has 0 spiro atoms.